The van der Waals surface area contributed by atoms with E-state index in [0.29, 0.717) is 0 Å². The number of aromatic nitrogens is 2. The summed E-state index contributed by atoms with van der Waals surface area (Å²) in [5.41, 5.74) is 0.730. The van der Waals surface area contributed by atoms with Crippen LogP contribution in [0.1, 0.15) is 15.9 Å². The largest absolute Gasteiger partial charge is 0.477 e. The highest BCUT2D eigenvalue weighted by Crippen LogP contribution is 2.09. The zero-order valence-electron chi connectivity index (χ0n) is 9.12. The van der Waals surface area contributed by atoms with Gasteiger partial charge in [0.2, 0.25) is 0 Å². The van der Waals surface area contributed by atoms with Gasteiger partial charge in [0, 0.05) is 11.9 Å². The molecule has 0 bridgehead atoms. The lowest BCUT2D eigenvalue weighted by atomic mass is 10.2. The Morgan fingerprint density at radius 2 is 2.18 bits per heavy atom. The number of aromatic carboxylic acids is 1. The van der Waals surface area contributed by atoms with Crippen molar-refractivity contribution in [3.63, 3.8) is 0 Å². The lowest BCUT2D eigenvalue weighted by molar-refractivity contribution is 0.0694. The number of nitrogens with zero attached hydrogens (tertiary/aromatic N) is 2. The van der Waals surface area contributed by atoms with Crippen LogP contribution in [0.25, 0.3) is 5.69 Å². The standard InChI is InChI=1S/C12H10N2O3/c1-8-3-2-4-9(5-8)14-6-10(12(16)17)11(15)13-7-14/h2-7H,1H3,(H,16,17). The molecule has 0 atom stereocenters. The zero-order valence-corrected chi connectivity index (χ0v) is 9.12. The lowest BCUT2D eigenvalue weighted by Crippen LogP contribution is -2.19. The topological polar surface area (TPSA) is 72.2 Å². The number of carbonyl (C=O) groups is 1. The average Bonchev–Trinajstić information content (AvgIpc) is 2.29. The molecule has 1 aromatic carbocycles. The van der Waals surface area contributed by atoms with Crippen LogP contribution in [-0.4, -0.2) is 20.6 Å². The van der Waals surface area contributed by atoms with Crippen molar-refractivity contribution in [1.82, 2.24) is 9.55 Å². The number of carboxylic acid groups (broad SMARTS) is 1. The number of carboxylic acids is 1. The van der Waals surface area contributed by atoms with Crippen LogP contribution in [0.5, 0.6) is 0 Å². The van der Waals surface area contributed by atoms with Crippen LogP contribution in [0.3, 0.4) is 0 Å². The molecular weight excluding hydrogens is 220 g/mol. The van der Waals surface area contributed by atoms with E-state index in [9.17, 15) is 9.59 Å². The van der Waals surface area contributed by atoms with E-state index in [-0.39, 0.29) is 5.56 Å². The molecule has 0 radical (unpaired) electrons. The molecule has 1 N–H and O–H groups in total. The van der Waals surface area contributed by atoms with Crippen molar-refractivity contribution in [2.75, 3.05) is 0 Å². The van der Waals surface area contributed by atoms with Crippen molar-refractivity contribution in [2.24, 2.45) is 0 Å². The molecule has 17 heavy (non-hydrogen) atoms. The van der Waals surface area contributed by atoms with Crippen LogP contribution in [0.4, 0.5) is 0 Å². The molecule has 0 saturated heterocycles. The fourth-order valence-electron chi connectivity index (χ4n) is 1.49. The fourth-order valence-corrected chi connectivity index (χ4v) is 1.49. The van der Waals surface area contributed by atoms with Crippen LogP contribution in [-0.2, 0) is 0 Å². The Hall–Kier alpha value is -2.43. The van der Waals surface area contributed by atoms with E-state index < -0.39 is 11.5 Å². The summed E-state index contributed by atoms with van der Waals surface area (Å²) in [5.74, 6) is -1.27. The molecule has 86 valence electrons. The van der Waals surface area contributed by atoms with Crippen LogP contribution in [0.2, 0.25) is 0 Å². The quantitative estimate of drug-likeness (QED) is 0.842. The third kappa shape index (κ3) is 2.23. The van der Waals surface area contributed by atoms with Gasteiger partial charge in [0.1, 0.15) is 11.9 Å². The summed E-state index contributed by atoms with van der Waals surface area (Å²) in [6.07, 6.45) is 2.58. The summed E-state index contributed by atoms with van der Waals surface area (Å²) >= 11 is 0. The number of rotatable bonds is 2. The molecule has 2 rings (SSSR count). The van der Waals surface area contributed by atoms with Gasteiger partial charge in [-0.15, -0.1) is 0 Å². The molecule has 0 spiro atoms. The van der Waals surface area contributed by atoms with Crippen LogP contribution in [0.15, 0.2) is 41.6 Å². The van der Waals surface area contributed by atoms with Gasteiger partial charge in [-0.1, -0.05) is 12.1 Å². The van der Waals surface area contributed by atoms with Crippen LogP contribution < -0.4 is 5.56 Å². The molecule has 2 aromatic rings. The first-order chi connectivity index (χ1) is 8.08. The molecule has 0 unspecified atom stereocenters. The van der Waals surface area contributed by atoms with Crippen molar-refractivity contribution < 1.29 is 9.90 Å². The summed E-state index contributed by atoms with van der Waals surface area (Å²) in [6.45, 7) is 1.93. The summed E-state index contributed by atoms with van der Waals surface area (Å²) in [5, 5.41) is 8.84. The molecule has 0 aliphatic heterocycles. The first kappa shape index (κ1) is 11.1. The summed E-state index contributed by atoms with van der Waals surface area (Å²) in [7, 11) is 0. The van der Waals surface area contributed by atoms with Gasteiger partial charge in [0.05, 0.1) is 0 Å². The second kappa shape index (κ2) is 4.21. The van der Waals surface area contributed by atoms with Gasteiger partial charge in [-0.2, -0.15) is 4.98 Å². The van der Waals surface area contributed by atoms with Crippen LogP contribution in [0, 0.1) is 6.92 Å². The second-order valence-electron chi connectivity index (χ2n) is 3.64. The van der Waals surface area contributed by atoms with E-state index in [4.69, 9.17) is 5.11 Å². The minimum atomic E-state index is -1.27. The number of aryl methyl sites for hydroxylation is 1. The van der Waals surface area contributed by atoms with Crippen molar-refractivity contribution in [3.05, 3.63) is 58.3 Å². The molecule has 0 fully saturated rings. The third-order valence-corrected chi connectivity index (χ3v) is 2.33. The predicted octanol–water partition coefficient (Wildman–Crippen LogP) is 1.24. The fraction of sp³-hybridized carbons (Fsp3) is 0.0833. The van der Waals surface area contributed by atoms with Gasteiger partial charge in [-0.25, -0.2) is 4.79 Å². The van der Waals surface area contributed by atoms with Gasteiger partial charge in [0.25, 0.3) is 5.56 Å². The summed E-state index contributed by atoms with van der Waals surface area (Å²) < 4.78 is 1.51. The Morgan fingerprint density at radius 3 is 2.82 bits per heavy atom. The monoisotopic (exact) mass is 230 g/mol. The van der Waals surface area contributed by atoms with Gasteiger partial charge in [-0.3, -0.25) is 4.79 Å². The number of hydrogen-bond acceptors (Lipinski definition) is 3. The summed E-state index contributed by atoms with van der Waals surface area (Å²) in [6, 6.07) is 7.46. The average molecular weight is 230 g/mol. The van der Waals surface area contributed by atoms with E-state index in [2.05, 4.69) is 4.98 Å². The van der Waals surface area contributed by atoms with Crippen molar-refractivity contribution >= 4 is 5.97 Å². The van der Waals surface area contributed by atoms with E-state index in [1.807, 2.05) is 31.2 Å². The number of benzene rings is 1. The SMILES string of the molecule is Cc1cccc(-n2cnc(=O)c(C(=O)O)c2)c1. The molecule has 0 amide bonds. The molecule has 0 aliphatic rings. The highest BCUT2D eigenvalue weighted by molar-refractivity contribution is 5.86. The predicted molar refractivity (Wildman–Crippen MR) is 61.5 cm³/mol. The Labute approximate surface area is 97.0 Å². The molecule has 1 heterocycles. The molecule has 1 aromatic heterocycles. The first-order valence-corrected chi connectivity index (χ1v) is 4.96. The van der Waals surface area contributed by atoms with E-state index in [0.717, 1.165) is 11.3 Å². The van der Waals surface area contributed by atoms with Crippen molar-refractivity contribution in [3.8, 4) is 5.69 Å². The smallest absolute Gasteiger partial charge is 0.342 e. The lowest BCUT2D eigenvalue weighted by Gasteiger charge is -2.06. The maximum atomic E-state index is 11.2. The highest BCUT2D eigenvalue weighted by Gasteiger charge is 2.10. The highest BCUT2D eigenvalue weighted by atomic mass is 16.4. The second-order valence-corrected chi connectivity index (χ2v) is 3.64. The maximum absolute atomic E-state index is 11.2. The molecular formula is C12H10N2O3. The van der Waals surface area contributed by atoms with E-state index in [1.165, 1.54) is 17.1 Å². The Balaban J connectivity index is 2.58. The molecule has 0 saturated carbocycles. The normalized spacial score (nSPS) is 10.2. The van der Waals surface area contributed by atoms with Crippen molar-refractivity contribution in [1.29, 1.82) is 0 Å². The van der Waals surface area contributed by atoms with Crippen LogP contribution >= 0.6 is 0 Å². The maximum Gasteiger partial charge on any atom is 0.342 e. The van der Waals surface area contributed by atoms with Crippen molar-refractivity contribution in [2.45, 2.75) is 6.92 Å². The van der Waals surface area contributed by atoms with Gasteiger partial charge in [0.15, 0.2) is 0 Å². The first-order valence-electron chi connectivity index (χ1n) is 4.96. The number of hydrogen-bond donors (Lipinski definition) is 1. The van der Waals surface area contributed by atoms with E-state index >= 15 is 0 Å². The Bertz CT molecular complexity index is 632. The van der Waals surface area contributed by atoms with E-state index in [1.54, 1.807) is 0 Å². The third-order valence-electron chi connectivity index (χ3n) is 2.33. The minimum Gasteiger partial charge on any atom is -0.477 e. The molecule has 5 nitrogen and oxygen atoms in total. The molecule has 5 heteroatoms. The zero-order chi connectivity index (χ0) is 12.4. The van der Waals surface area contributed by atoms with Gasteiger partial charge < -0.3 is 9.67 Å². The van der Waals surface area contributed by atoms with Gasteiger partial charge >= 0.3 is 5.97 Å². The molecule has 0 aliphatic carbocycles. The van der Waals surface area contributed by atoms with Gasteiger partial charge in [-0.05, 0) is 24.6 Å². The minimum absolute atomic E-state index is 0.339. The Morgan fingerprint density at radius 1 is 1.41 bits per heavy atom. The Kier molecular flexibility index (Phi) is 2.74. The summed E-state index contributed by atoms with van der Waals surface area (Å²) in [4.78, 5) is 25.6.